The van der Waals surface area contributed by atoms with E-state index in [9.17, 15) is 12.8 Å². The summed E-state index contributed by atoms with van der Waals surface area (Å²) < 4.78 is 61.7. The van der Waals surface area contributed by atoms with Crippen LogP contribution in [0.5, 0.6) is 23.0 Å². The summed E-state index contributed by atoms with van der Waals surface area (Å²) in [4.78, 5) is 2.14. The van der Waals surface area contributed by atoms with E-state index in [0.29, 0.717) is 25.5 Å². The lowest BCUT2D eigenvalue weighted by Gasteiger charge is -2.42. The van der Waals surface area contributed by atoms with Gasteiger partial charge in [0.1, 0.15) is 23.9 Å². The smallest absolute Gasteiger partial charge is 0.339 e. The second-order valence-corrected chi connectivity index (χ2v) is 10.4. The maximum Gasteiger partial charge on any atom is 0.339 e. The molecule has 3 heterocycles. The van der Waals surface area contributed by atoms with Crippen LogP contribution < -0.4 is 18.4 Å². The zero-order chi connectivity index (χ0) is 24.2. The third kappa shape index (κ3) is 3.98. The molecule has 7 nitrogen and oxygen atoms in total. The van der Waals surface area contributed by atoms with Crippen LogP contribution in [0.3, 0.4) is 0 Å². The maximum absolute atomic E-state index is 13.6. The van der Waals surface area contributed by atoms with E-state index in [0.717, 1.165) is 48.1 Å². The van der Waals surface area contributed by atoms with Crippen molar-refractivity contribution in [3.63, 3.8) is 0 Å². The van der Waals surface area contributed by atoms with Crippen molar-refractivity contribution < 1.29 is 31.2 Å². The average molecular weight is 498 g/mol. The van der Waals surface area contributed by atoms with Crippen LogP contribution >= 0.6 is 0 Å². The number of fused-ring (bicyclic) bond motifs is 5. The molecule has 3 aliphatic rings. The van der Waals surface area contributed by atoms with E-state index < -0.39 is 15.9 Å². The van der Waals surface area contributed by atoms with Crippen LogP contribution in [0.15, 0.2) is 53.4 Å². The Balaban J connectivity index is 1.33. The van der Waals surface area contributed by atoms with Gasteiger partial charge in [-0.25, -0.2) is 4.39 Å². The highest BCUT2D eigenvalue weighted by molar-refractivity contribution is 7.87. The molecule has 3 aromatic rings. The molecule has 9 heteroatoms. The van der Waals surface area contributed by atoms with E-state index in [1.165, 1.54) is 36.4 Å². The van der Waals surface area contributed by atoms with Gasteiger partial charge in [0.25, 0.3) is 0 Å². The number of nitrogens with zero attached hydrogens (tertiary/aromatic N) is 1. The van der Waals surface area contributed by atoms with Gasteiger partial charge in [-0.3, -0.25) is 4.90 Å². The van der Waals surface area contributed by atoms with Crippen molar-refractivity contribution in [2.24, 2.45) is 0 Å². The van der Waals surface area contributed by atoms with Crippen LogP contribution in [0, 0.1) is 5.82 Å². The van der Waals surface area contributed by atoms with Crippen LogP contribution in [-0.2, 0) is 29.5 Å². The topological polar surface area (TPSA) is 74.3 Å². The van der Waals surface area contributed by atoms with E-state index >= 15 is 0 Å². The lowest BCUT2D eigenvalue weighted by Crippen LogP contribution is -2.39. The van der Waals surface area contributed by atoms with E-state index in [-0.39, 0.29) is 16.7 Å². The summed E-state index contributed by atoms with van der Waals surface area (Å²) in [6.07, 6.45) is 1.64. The van der Waals surface area contributed by atoms with Gasteiger partial charge in [-0.05, 0) is 77.6 Å². The Morgan fingerprint density at radius 2 is 1.74 bits per heavy atom. The fourth-order valence-corrected chi connectivity index (χ4v) is 6.11. The molecule has 0 aromatic heterocycles. The Morgan fingerprint density at radius 3 is 2.51 bits per heavy atom. The number of halogens is 1. The molecule has 0 saturated carbocycles. The third-order valence-corrected chi connectivity index (χ3v) is 8.06. The molecular formula is C26H24FNO6S. The molecule has 0 bridgehead atoms. The monoisotopic (exact) mass is 497 g/mol. The summed E-state index contributed by atoms with van der Waals surface area (Å²) >= 11 is 0. The van der Waals surface area contributed by atoms with Crippen molar-refractivity contribution in [3.8, 4) is 23.0 Å². The number of hydrogen-bond donors (Lipinski definition) is 0. The zero-order valence-electron chi connectivity index (χ0n) is 19.1. The Kier molecular flexibility index (Phi) is 5.34. The maximum atomic E-state index is 13.6. The highest BCUT2D eigenvalue weighted by Crippen LogP contribution is 2.45. The van der Waals surface area contributed by atoms with Gasteiger partial charge < -0.3 is 18.4 Å². The van der Waals surface area contributed by atoms with Crippen LogP contribution in [-0.4, -0.2) is 40.2 Å². The molecule has 0 N–H and O–H groups in total. The summed E-state index contributed by atoms with van der Waals surface area (Å²) in [5.74, 6) is 1.34. The minimum Gasteiger partial charge on any atom is -0.493 e. The molecule has 6 rings (SSSR count). The van der Waals surface area contributed by atoms with Crippen LogP contribution in [0.25, 0.3) is 0 Å². The molecule has 0 aliphatic carbocycles. The van der Waals surface area contributed by atoms with Crippen molar-refractivity contribution >= 4 is 10.1 Å². The van der Waals surface area contributed by atoms with Gasteiger partial charge in [0.2, 0.25) is 0 Å². The lowest BCUT2D eigenvalue weighted by atomic mass is 9.83. The Hall–Kier alpha value is -3.30. The van der Waals surface area contributed by atoms with Crippen molar-refractivity contribution in [3.05, 3.63) is 76.6 Å². The molecule has 35 heavy (non-hydrogen) atoms. The van der Waals surface area contributed by atoms with Crippen molar-refractivity contribution in [2.45, 2.75) is 30.3 Å². The number of methoxy groups -OCH3 is 1. The molecule has 0 amide bonds. The van der Waals surface area contributed by atoms with Crippen molar-refractivity contribution in [2.75, 3.05) is 26.9 Å². The number of ether oxygens (including phenoxy) is 3. The molecule has 0 radical (unpaired) electrons. The van der Waals surface area contributed by atoms with Crippen LogP contribution in [0.4, 0.5) is 4.39 Å². The summed E-state index contributed by atoms with van der Waals surface area (Å²) in [6.45, 7) is 2.63. The van der Waals surface area contributed by atoms with Gasteiger partial charge in [0.05, 0.1) is 7.11 Å². The van der Waals surface area contributed by atoms with Crippen molar-refractivity contribution in [1.82, 2.24) is 4.90 Å². The second-order valence-electron chi connectivity index (χ2n) is 8.90. The molecule has 0 spiro atoms. The molecule has 0 saturated heterocycles. The standard InChI is InChI=1S/C26H24FNO6S/c1-31-23-11-17-9-22-21-14-25-24(32-7-8-33-25)10-16(21)5-6-28(22)15-18(17)12-26(23)34-35(29,30)20-4-2-3-19(27)13-20/h2-4,10-14,22H,5-9,15H2,1H3. The van der Waals surface area contributed by atoms with Gasteiger partial charge in [-0.2, -0.15) is 8.42 Å². The van der Waals surface area contributed by atoms with Gasteiger partial charge in [0.15, 0.2) is 23.0 Å². The summed E-state index contributed by atoms with van der Waals surface area (Å²) in [5.41, 5.74) is 4.56. The van der Waals surface area contributed by atoms with E-state index in [1.54, 1.807) is 6.07 Å². The minimum absolute atomic E-state index is 0.0889. The second kappa shape index (κ2) is 8.42. The minimum atomic E-state index is -4.23. The van der Waals surface area contributed by atoms with Crippen LogP contribution in [0.1, 0.15) is 28.3 Å². The fraction of sp³-hybridized carbons (Fsp3) is 0.308. The predicted octanol–water partition coefficient (Wildman–Crippen LogP) is 4.03. The van der Waals surface area contributed by atoms with E-state index in [4.69, 9.17) is 18.4 Å². The lowest BCUT2D eigenvalue weighted by molar-refractivity contribution is 0.153. The summed E-state index contributed by atoms with van der Waals surface area (Å²) in [5, 5.41) is 0. The average Bonchev–Trinajstić information content (AvgIpc) is 2.86. The van der Waals surface area contributed by atoms with Crippen LogP contribution in [0.2, 0.25) is 0 Å². The van der Waals surface area contributed by atoms with Gasteiger partial charge in [-0.15, -0.1) is 0 Å². The molecule has 3 aliphatic heterocycles. The molecular weight excluding hydrogens is 473 g/mol. The van der Waals surface area contributed by atoms with Gasteiger partial charge in [-0.1, -0.05) is 6.07 Å². The Labute approximate surface area is 203 Å². The first-order chi connectivity index (χ1) is 16.9. The Morgan fingerprint density at radius 1 is 0.971 bits per heavy atom. The third-order valence-electron chi connectivity index (χ3n) is 6.83. The molecule has 0 fully saturated rings. The number of rotatable bonds is 4. The number of hydrogen-bond acceptors (Lipinski definition) is 7. The van der Waals surface area contributed by atoms with Gasteiger partial charge >= 0.3 is 10.1 Å². The first-order valence-electron chi connectivity index (χ1n) is 11.5. The normalized spacial score (nSPS) is 18.7. The van der Waals surface area contributed by atoms with E-state index in [1.807, 2.05) is 6.07 Å². The quantitative estimate of drug-likeness (QED) is 0.504. The van der Waals surface area contributed by atoms with Crippen molar-refractivity contribution in [1.29, 1.82) is 0 Å². The number of benzene rings is 3. The fourth-order valence-electron chi connectivity index (χ4n) is 5.14. The first kappa shape index (κ1) is 22.2. The summed E-state index contributed by atoms with van der Waals surface area (Å²) in [7, 11) is -2.76. The Bertz CT molecular complexity index is 1420. The highest BCUT2D eigenvalue weighted by Gasteiger charge is 2.34. The zero-order valence-corrected chi connectivity index (χ0v) is 19.9. The molecule has 1 unspecified atom stereocenters. The molecule has 1 atom stereocenters. The summed E-state index contributed by atoms with van der Waals surface area (Å²) in [6, 6.07) is 12.7. The van der Waals surface area contributed by atoms with Gasteiger partial charge in [0, 0.05) is 19.1 Å². The SMILES string of the molecule is COc1cc2c(cc1OS(=O)(=O)c1cccc(F)c1)CN1CCc3cc4c(cc3C1C2)OCCO4. The van der Waals surface area contributed by atoms with E-state index in [2.05, 4.69) is 17.0 Å². The predicted molar refractivity (Wildman–Crippen MR) is 125 cm³/mol. The highest BCUT2D eigenvalue weighted by atomic mass is 32.2. The largest absolute Gasteiger partial charge is 0.493 e. The molecule has 3 aromatic carbocycles. The first-order valence-corrected chi connectivity index (χ1v) is 12.9. The molecule has 182 valence electrons.